The second-order valence-electron chi connectivity index (χ2n) is 3.65. The Bertz CT molecular complexity index is 502. The average molecular weight is 309 g/mol. The maximum Gasteiger partial charge on any atom is 0.0410 e. The molecule has 88 valence electrons. The van der Waals surface area contributed by atoms with Crippen molar-refractivity contribution in [2.24, 2.45) is 5.73 Å². The van der Waals surface area contributed by atoms with Gasteiger partial charge in [-0.2, -0.15) is 0 Å². The monoisotopic (exact) mass is 308 g/mol. The van der Waals surface area contributed by atoms with E-state index in [0.717, 1.165) is 10.2 Å². The fourth-order valence-electron chi connectivity index (χ4n) is 1.46. The molecule has 0 fully saturated rings. The van der Waals surface area contributed by atoms with Crippen molar-refractivity contribution in [1.29, 1.82) is 0 Å². The van der Waals surface area contributed by atoms with Gasteiger partial charge in [-0.3, -0.25) is 4.98 Å². The second-order valence-corrected chi connectivity index (χ2v) is 5.62. The van der Waals surface area contributed by atoms with Gasteiger partial charge in [0.05, 0.1) is 0 Å². The van der Waals surface area contributed by atoms with Crippen molar-refractivity contribution in [3.05, 3.63) is 58.3 Å². The first-order valence-corrected chi connectivity index (χ1v) is 7.07. The molecule has 17 heavy (non-hydrogen) atoms. The summed E-state index contributed by atoms with van der Waals surface area (Å²) in [4.78, 5) is 5.39. The number of nitrogens with two attached hydrogens (primary N) is 1. The summed E-state index contributed by atoms with van der Waals surface area (Å²) in [6.45, 7) is 0.590. The van der Waals surface area contributed by atoms with Crippen LogP contribution in [-0.2, 0) is 12.3 Å². The Morgan fingerprint density at radius 3 is 2.82 bits per heavy atom. The van der Waals surface area contributed by atoms with Gasteiger partial charge in [-0.05, 0) is 45.3 Å². The molecule has 0 aliphatic heterocycles. The normalized spacial score (nSPS) is 10.5. The molecule has 0 aliphatic rings. The van der Waals surface area contributed by atoms with Gasteiger partial charge in [-0.15, -0.1) is 11.8 Å². The molecule has 1 aromatic carbocycles. The smallest absolute Gasteiger partial charge is 0.0410 e. The van der Waals surface area contributed by atoms with E-state index < -0.39 is 0 Å². The quantitative estimate of drug-likeness (QED) is 0.877. The Labute approximate surface area is 114 Å². The Kier molecular flexibility index (Phi) is 4.59. The van der Waals surface area contributed by atoms with Crippen LogP contribution in [0.3, 0.4) is 0 Å². The molecule has 0 bridgehead atoms. The topological polar surface area (TPSA) is 38.9 Å². The Hall–Kier alpha value is -0.840. The first kappa shape index (κ1) is 12.6. The Morgan fingerprint density at radius 2 is 2.06 bits per heavy atom. The summed E-state index contributed by atoms with van der Waals surface area (Å²) < 4.78 is 1.02. The van der Waals surface area contributed by atoms with Crippen LogP contribution >= 0.6 is 27.7 Å². The maximum atomic E-state index is 5.62. The van der Waals surface area contributed by atoms with Gasteiger partial charge >= 0.3 is 0 Å². The van der Waals surface area contributed by atoms with Gasteiger partial charge in [0, 0.05) is 34.1 Å². The molecule has 2 nitrogen and oxygen atoms in total. The van der Waals surface area contributed by atoms with Crippen LogP contribution in [0.25, 0.3) is 0 Å². The third-order valence-electron chi connectivity index (χ3n) is 2.30. The second kappa shape index (κ2) is 6.19. The van der Waals surface area contributed by atoms with Crippen LogP contribution in [0.15, 0.2) is 52.1 Å². The summed E-state index contributed by atoms with van der Waals surface area (Å²) in [6.07, 6.45) is 3.69. The molecule has 2 rings (SSSR count). The summed E-state index contributed by atoms with van der Waals surface area (Å²) in [6, 6.07) is 10.4. The van der Waals surface area contributed by atoms with Crippen LogP contribution in [0.4, 0.5) is 0 Å². The SMILES string of the molecule is NCc1cccc(SCc2cncc(Br)c2)c1. The third kappa shape index (κ3) is 3.84. The lowest BCUT2D eigenvalue weighted by atomic mass is 10.2. The molecule has 0 spiro atoms. The summed E-state index contributed by atoms with van der Waals surface area (Å²) in [7, 11) is 0. The highest BCUT2D eigenvalue weighted by Crippen LogP contribution is 2.24. The van der Waals surface area contributed by atoms with Gasteiger partial charge in [-0.1, -0.05) is 12.1 Å². The molecule has 0 aliphatic carbocycles. The Balaban J connectivity index is 2.02. The van der Waals surface area contributed by atoms with Crippen LogP contribution < -0.4 is 5.73 Å². The first-order chi connectivity index (χ1) is 8.28. The molecule has 0 atom stereocenters. The summed E-state index contributed by atoms with van der Waals surface area (Å²) in [5.41, 5.74) is 8.00. The van der Waals surface area contributed by atoms with Crippen LogP contribution in [0.2, 0.25) is 0 Å². The molecule has 0 saturated carbocycles. The van der Waals surface area contributed by atoms with Gasteiger partial charge in [0.2, 0.25) is 0 Å². The zero-order valence-corrected chi connectivity index (χ0v) is 11.7. The molecule has 2 aromatic rings. The standard InChI is InChI=1S/C13H13BrN2S/c14-12-4-11(7-16-8-12)9-17-13-3-1-2-10(5-13)6-15/h1-5,7-8H,6,9,15H2. The van der Waals surface area contributed by atoms with E-state index in [1.807, 2.05) is 18.3 Å². The maximum absolute atomic E-state index is 5.62. The molecule has 0 saturated heterocycles. The summed E-state index contributed by atoms with van der Waals surface area (Å²) in [5.74, 6) is 0.917. The highest BCUT2D eigenvalue weighted by molar-refractivity contribution is 9.10. The number of pyridine rings is 1. The molecular weight excluding hydrogens is 296 g/mol. The van der Waals surface area contributed by atoms with Crippen molar-refractivity contribution in [1.82, 2.24) is 4.98 Å². The predicted molar refractivity (Wildman–Crippen MR) is 75.8 cm³/mol. The minimum Gasteiger partial charge on any atom is -0.326 e. The van der Waals surface area contributed by atoms with E-state index >= 15 is 0 Å². The van der Waals surface area contributed by atoms with E-state index in [-0.39, 0.29) is 0 Å². The lowest BCUT2D eigenvalue weighted by molar-refractivity contribution is 1.06. The van der Waals surface area contributed by atoms with E-state index in [2.05, 4.69) is 39.1 Å². The number of rotatable bonds is 4. The van der Waals surface area contributed by atoms with Gasteiger partial charge in [0.25, 0.3) is 0 Å². The summed E-state index contributed by atoms with van der Waals surface area (Å²) in [5, 5.41) is 0. The minimum absolute atomic E-state index is 0.590. The van der Waals surface area contributed by atoms with Crippen molar-refractivity contribution in [3.63, 3.8) is 0 Å². The van der Waals surface area contributed by atoms with Gasteiger partial charge in [0.15, 0.2) is 0 Å². The molecule has 0 amide bonds. The van der Waals surface area contributed by atoms with Crippen LogP contribution in [0, 0.1) is 0 Å². The molecule has 1 aromatic heterocycles. The largest absolute Gasteiger partial charge is 0.326 e. The van der Waals surface area contributed by atoms with E-state index in [9.17, 15) is 0 Å². The number of thioether (sulfide) groups is 1. The fourth-order valence-corrected chi connectivity index (χ4v) is 2.78. The van der Waals surface area contributed by atoms with Crippen molar-refractivity contribution < 1.29 is 0 Å². The van der Waals surface area contributed by atoms with Crippen LogP contribution in [0.1, 0.15) is 11.1 Å². The van der Waals surface area contributed by atoms with Crippen molar-refractivity contribution in [2.45, 2.75) is 17.2 Å². The van der Waals surface area contributed by atoms with Gasteiger partial charge < -0.3 is 5.73 Å². The average Bonchev–Trinajstić information content (AvgIpc) is 2.37. The van der Waals surface area contributed by atoms with E-state index in [1.54, 1.807) is 18.0 Å². The van der Waals surface area contributed by atoms with E-state index in [4.69, 9.17) is 5.73 Å². The highest BCUT2D eigenvalue weighted by atomic mass is 79.9. The van der Waals surface area contributed by atoms with E-state index in [1.165, 1.54) is 16.0 Å². The number of benzene rings is 1. The summed E-state index contributed by atoms with van der Waals surface area (Å²) >= 11 is 5.22. The van der Waals surface area contributed by atoms with Crippen LogP contribution in [-0.4, -0.2) is 4.98 Å². The number of hydrogen-bond donors (Lipinski definition) is 1. The van der Waals surface area contributed by atoms with Gasteiger partial charge in [-0.25, -0.2) is 0 Å². The van der Waals surface area contributed by atoms with E-state index in [0.29, 0.717) is 6.54 Å². The number of hydrogen-bond acceptors (Lipinski definition) is 3. The fraction of sp³-hybridized carbons (Fsp3) is 0.154. The molecular formula is C13H13BrN2S. The predicted octanol–water partition coefficient (Wildman–Crippen LogP) is 3.60. The number of nitrogens with zero attached hydrogens (tertiary/aromatic N) is 1. The van der Waals surface area contributed by atoms with Crippen molar-refractivity contribution in [2.75, 3.05) is 0 Å². The number of halogens is 1. The lowest BCUT2D eigenvalue weighted by Crippen LogP contribution is -1.95. The molecule has 0 unspecified atom stereocenters. The van der Waals surface area contributed by atoms with Gasteiger partial charge in [0.1, 0.15) is 0 Å². The number of aromatic nitrogens is 1. The van der Waals surface area contributed by atoms with Crippen LogP contribution in [0.5, 0.6) is 0 Å². The van der Waals surface area contributed by atoms with Crippen molar-refractivity contribution >= 4 is 27.7 Å². The zero-order chi connectivity index (χ0) is 12.1. The highest BCUT2D eigenvalue weighted by Gasteiger charge is 1.99. The first-order valence-electron chi connectivity index (χ1n) is 5.29. The minimum atomic E-state index is 0.590. The third-order valence-corrected chi connectivity index (χ3v) is 3.80. The lowest BCUT2D eigenvalue weighted by Gasteiger charge is -2.04. The molecule has 0 radical (unpaired) electrons. The molecule has 1 heterocycles. The molecule has 2 N–H and O–H groups in total. The van der Waals surface area contributed by atoms with Crippen molar-refractivity contribution in [3.8, 4) is 0 Å². The zero-order valence-electron chi connectivity index (χ0n) is 9.27. The molecule has 4 heteroatoms. The Morgan fingerprint density at radius 1 is 1.18 bits per heavy atom.